The predicted octanol–water partition coefficient (Wildman–Crippen LogP) is 1.54. The van der Waals surface area contributed by atoms with Crippen LogP contribution in [0.1, 0.15) is 11.7 Å². The average molecular weight is 343 g/mol. The highest BCUT2D eigenvalue weighted by Crippen LogP contribution is 2.29. The number of halogens is 1. The van der Waals surface area contributed by atoms with E-state index >= 15 is 0 Å². The van der Waals surface area contributed by atoms with E-state index in [-0.39, 0.29) is 18.5 Å². The molecule has 0 amide bonds. The van der Waals surface area contributed by atoms with Gasteiger partial charge in [0.1, 0.15) is 24.1 Å². The second-order valence-corrected chi connectivity index (χ2v) is 5.88. The summed E-state index contributed by atoms with van der Waals surface area (Å²) < 4.78 is 20.7. The molecule has 4 rings (SSSR count). The van der Waals surface area contributed by atoms with Gasteiger partial charge in [-0.2, -0.15) is 5.10 Å². The van der Waals surface area contributed by atoms with Crippen LogP contribution < -0.4 is 4.90 Å². The highest BCUT2D eigenvalue weighted by molar-refractivity contribution is 5.86. The number of hydrogen-bond donors (Lipinski definition) is 1. The van der Waals surface area contributed by atoms with Gasteiger partial charge in [0.05, 0.1) is 31.3 Å². The number of anilines is 1. The van der Waals surface area contributed by atoms with Crippen molar-refractivity contribution in [1.82, 2.24) is 19.7 Å². The van der Waals surface area contributed by atoms with Gasteiger partial charge in [0.25, 0.3) is 0 Å². The van der Waals surface area contributed by atoms with Crippen LogP contribution in [0.4, 0.5) is 10.2 Å². The first-order valence-electron chi connectivity index (χ1n) is 8.15. The van der Waals surface area contributed by atoms with Gasteiger partial charge in [0.2, 0.25) is 0 Å². The molecule has 0 aliphatic carbocycles. The Morgan fingerprint density at radius 2 is 2.08 bits per heavy atom. The number of nitrogens with zero attached hydrogens (tertiary/aromatic N) is 5. The number of morpholine rings is 1. The quantitative estimate of drug-likeness (QED) is 0.774. The van der Waals surface area contributed by atoms with Gasteiger partial charge in [-0.1, -0.05) is 12.1 Å². The van der Waals surface area contributed by atoms with Crippen molar-refractivity contribution >= 4 is 16.9 Å². The Morgan fingerprint density at radius 1 is 1.24 bits per heavy atom. The number of fused-ring (bicyclic) bond motifs is 1. The molecule has 1 aromatic carbocycles. The van der Waals surface area contributed by atoms with Crippen LogP contribution in [-0.4, -0.2) is 51.2 Å². The zero-order valence-electron chi connectivity index (χ0n) is 13.5. The molecule has 8 heteroatoms. The van der Waals surface area contributed by atoms with Crippen LogP contribution >= 0.6 is 0 Å². The second-order valence-electron chi connectivity index (χ2n) is 5.88. The Hall–Kier alpha value is -2.58. The van der Waals surface area contributed by atoms with Gasteiger partial charge in [0, 0.05) is 13.1 Å². The maximum Gasteiger partial charge on any atom is 0.163 e. The maximum atomic E-state index is 13.1. The lowest BCUT2D eigenvalue weighted by molar-refractivity contribution is 0.0396. The molecule has 1 atom stereocenters. The number of benzene rings is 1. The van der Waals surface area contributed by atoms with E-state index in [0.717, 1.165) is 16.8 Å². The summed E-state index contributed by atoms with van der Waals surface area (Å²) in [5, 5.41) is 14.3. The van der Waals surface area contributed by atoms with E-state index in [1.807, 2.05) is 0 Å². The van der Waals surface area contributed by atoms with Crippen molar-refractivity contribution in [2.45, 2.75) is 12.6 Å². The van der Waals surface area contributed by atoms with Crippen LogP contribution in [0.3, 0.4) is 0 Å². The Kier molecular flexibility index (Phi) is 4.29. The first kappa shape index (κ1) is 15.9. The third-order valence-electron chi connectivity index (χ3n) is 4.33. The Morgan fingerprint density at radius 3 is 2.88 bits per heavy atom. The smallest absolute Gasteiger partial charge is 0.163 e. The van der Waals surface area contributed by atoms with E-state index in [2.05, 4.69) is 20.0 Å². The van der Waals surface area contributed by atoms with E-state index < -0.39 is 0 Å². The van der Waals surface area contributed by atoms with Crippen molar-refractivity contribution in [3.8, 4) is 0 Å². The zero-order valence-corrected chi connectivity index (χ0v) is 13.5. The highest BCUT2D eigenvalue weighted by Gasteiger charge is 2.25. The molecular formula is C17H18FN5O2. The van der Waals surface area contributed by atoms with Gasteiger partial charge in [-0.25, -0.2) is 19.0 Å². The van der Waals surface area contributed by atoms with Crippen LogP contribution in [0.2, 0.25) is 0 Å². The van der Waals surface area contributed by atoms with Crippen LogP contribution in [0.25, 0.3) is 11.0 Å². The fourth-order valence-electron chi connectivity index (χ4n) is 3.11. The number of aromatic nitrogens is 4. The number of aliphatic hydroxyl groups is 1. The molecule has 130 valence electrons. The molecule has 0 spiro atoms. The van der Waals surface area contributed by atoms with Gasteiger partial charge in [-0.3, -0.25) is 0 Å². The fraction of sp³-hybridized carbons (Fsp3) is 0.353. The van der Waals surface area contributed by atoms with E-state index in [1.165, 1.54) is 18.5 Å². The molecule has 1 aliphatic rings. The molecule has 7 nitrogen and oxygen atoms in total. The van der Waals surface area contributed by atoms with Crippen molar-refractivity contribution in [1.29, 1.82) is 0 Å². The average Bonchev–Trinajstić information content (AvgIpc) is 3.06. The summed E-state index contributed by atoms with van der Waals surface area (Å²) in [6, 6.07) is 6.38. The molecule has 1 fully saturated rings. The molecule has 3 aromatic rings. The van der Waals surface area contributed by atoms with Crippen LogP contribution in [0, 0.1) is 5.82 Å². The molecule has 3 heterocycles. The van der Waals surface area contributed by atoms with E-state index in [0.29, 0.717) is 31.9 Å². The lowest BCUT2D eigenvalue weighted by atomic mass is 10.1. The molecule has 0 unspecified atom stereocenters. The molecular weight excluding hydrogens is 325 g/mol. The topological polar surface area (TPSA) is 76.3 Å². The second kappa shape index (κ2) is 6.73. The molecule has 0 radical (unpaired) electrons. The minimum atomic E-state index is -0.259. The first-order chi connectivity index (χ1) is 12.3. The van der Waals surface area contributed by atoms with Crippen LogP contribution in [0.15, 0.2) is 36.8 Å². The zero-order chi connectivity index (χ0) is 17.2. The van der Waals surface area contributed by atoms with Crippen molar-refractivity contribution in [3.63, 3.8) is 0 Å². The first-order valence-corrected chi connectivity index (χ1v) is 8.15. The third-order valence-corrected chi connectivity index (χ3v) is 4.33. The van der Waals surface area contributed by atoms with Gasteiger partial charge < -0.3 is 14.7 Å². The van der Waals surface area contributed by atoms with Gasteiger partial charge in [-0.15, -0.1) is 0 Å². The Balaban J connectivity index is 1.63. The Labute approximate surface area is 143 Å². The number of aliphatic hydroxyl groups excluding tert-OH is 1. The molecule has 0 saturated carbocycles. The summed E-state index contributed by atoms with van der Waals surface area (Å²) >= 11 is 0. The lowest BCUT2D eigenvalue weighted by Gasteiger charge is -2.34. The number of hydrogen-bond acceptors (Lipinski definition) is 6. The summed E-state index contributed by atoms with van der Waals surface area (Å²) in [4.78, 5) is 10.8. The van der Waals surface area contributed by atoms with Gasteiger partial charge in [-0.05, 0) is 17.7 Å². The normalized spacial score (nSPS) is 18.0. The SMILES string of the molecule is OCCn1ncc2c(N3CCO[C@@H](c4ccc(F)cc4)C3)ncnc21. The molecule has 25 heavy (non-hydrogen) atoms. The van der Waals surface area contributed by atoms with Crippen molar-refractivity contribution in [3.05, 3.63) is 48.2 Å². The molecule has 1 aliphatic heterocycles. The summed E-state index contributed by atoms with van der Waals surface area (Å²) in [6.07, 6.45) is 3.09. The van der Waals surface area contributed by atoms with E-state index in [4.69, 9.17) is 9.84 Å². The monoisotopic (exact) mass is 343 g/mol. The summed E-state index contributed by atoms with van der Waals surface area (Å²) in [5.74, 6) is 0.537. The summed E-state index contributed by atoms with van der Waals surface area (Å²) in [7, 11) is 0. The molecule has 0 bridgehead atoms. The number of ether oxygens (including phenoxy) is 1. The molecule has 1 N–H and O–H groups in total. The fourth-order valence-corrected chi connectivity index (χ4v) is 3.11. The van der Waals surface area contributed by atoms with E-state index in [1.54, 1.807) is 23.0 Å². The third kappa shape index (κ3) is 3.06. The van der Waals surface area contributed by atoms with Gasteiger partial charge in [0.15, 0.2) is 5.65 Å². The highest BCUT2D eigenvalue weighted by atomic mass is 19.1. The number of rotatable bonds is 4. The predicted molar refractivity (Wildman–Crippen MR) is 89.7 cm³/mol. The minimum Gasteiger partial charge on any atom is -0.394 e. The van der Waals surface area contributed by atoms with Crippen LogP contribution in [-0.2, 0) is 11.3 Å². The van der Waals surface area contributed by atoms with Crippen LogP contribution in [0.5, 0.6) is 0 Å². The van der Waals surface area contributed by atoms with Gasteiger partial charge >= 0.3 is 0 Å². The largest absolute Gasteiger partial charge is 0.394 e. The van der Waals surface area contributed by atoms with E-state index in [9.17, 15) is 4.39 Å². The van der Waals surface area contributed by atoms with Crippen molar-refractivity contribution in [2.24, 2.45) is 0 Å². The van der Waals surface area contributed by atoms with Crippen molar-refractivity contribution < 1.29 is 14.2 Å². The maximum absolute atomic E-state index is 13.1. The summed E-state index contributed by atoms with van der Waals surface area (Å²) in [6.45, 7) is 2.26. The lowest BCUT2D eigenvalue weighted by Crippen LogP contribution is -2.39. The Bertz CT molecular complexity index is 867. The molecule has 2 aromatic heterocycles. The van der Waals surface area contributed by atoms with Crippen molar-refractivity contribution in [2.75, 3.05) is 31.2 Å². The molecule has 1 saturated heterocycles. The minimum absolute atomic E-state index is 0.000309. The summed E-state index contributed by atoms with van der Waals surface area (Å²) in [5.41, 5.74) is 1.64. The standard InChI is InChI=1S/C17H18FN5O2/c18-13-3-1-12(2-4-13)15-10-22(6-8-25-15)16-14-9-21-23(5-7-24)17(14)20-11-19-16/h1-4,9,11,15,24H,5-8,10H2/t15-/m1/s1.